The summed E-state index contributed by atoms with van der Waals surface area (Å²) in [6.07, 6.45) is -3.32. The molecule has 0 saturated carbocycles. The molecule has 120 valence electrons. The van der Waals surface area contributed by atoms with Crippen molar-refractivity contribution in [3.8, 4) is 0 Å². The highest BCUT2D eigenvalue weighted by molar-refractivity contribution is 9.10. The van der Waals surface area contributed by atoms with Gasteiger partial charge in [0.05, 0.1) is 11.8 Å². The lowest BCUT2D eigenvalue weighted by molar-refractivity contribution is -0.137. The van der Waals surface area contributed by atoms with Gasteiger partial charge < -0.3 is 4.52 Å². The van der Waals surface area contributed by atoms with Crippen molar-refractivity contribution in [1.82, 2.24) is 5.16 Å². The molecule has 1 aliphatic heterocycles. The van der Waals surface area contributed by atoms with E-state index in [0.29, 0.717) is 4.60 Å². The van der Waals surface area contributed by atoms with Gasteiger partial charge in [-0.15, -0.1) is 10.2 Å². The molecule has 1 aromatic heterocycles. The first kappa shape index (κ1) is 16.4. The molecule has 0 saturated heterocycles. The summed E-state index contributed by atoms with van der Waals surface area (Å²) in [6.45, 7) is 0. The molecule has 0 fully saturated rings. The Kier molecular flexibility index (Phi) is 3.97. The third-order valence-corrected chi connectivity index (χ3v) is 4.08. The highest BCUT2D eigenvalue weighted by Crippen LogP contribution is 2.45. The summed E-state index contributed by atoms with van der Waals surface area (Å²) in [5.41, 5.74) is -2.38. The lowest BCUT2D eigenvalue weighted by Gasteiger charge is -2.22. The van der Waals surface area contributed by atoms with Crippen LogP contribution in [0, 0.1) is 0 Å². The van der Waals surface area contributed by atoms with Gasteiger partial charge in [-0.05, 0) is 33.3 Å². The van der Waals surface area contributed by atoms with E-state index in [1.54, 1.807) is 0 Å². The summed E-state index contributed by atoms with van der Waals surface area (Å²) in [5, 5.41) is 14.2. The zero-order valence-electron chi connectivity index (χ0n) is 10.8. The van der Waals surface area contributed by atoms with Crippen LogP contribution >= 0.6 is 39.1 Å². The minimum absolute atomic E-state index is 0.0717. The van der Waals surface area contributed by atoms with Crippen molar-refractivity contribution in [2.75, 3.05) is 0 Å². The number of alkyl halides is 3. The molecule has 11 heteroatoms. The van der Waals surface area contributed by atoms with Crippen molar-refractivity contribution in [3.05, 3.63) is 49.7 Å². The maximum Gasteiger partial charge on any atom is 0.416 e. The molecular formula is C12H4BrCl2F3N4O. The molecule has 3 rings (SSSR count). The third kappa shape index (κ3) is 2.77. The maximum atomic E-state index is 12.9. The minimum Gasteiger partial charge on any atom is -0.357 e. The molecule has 0 radical (unpaired) electrons. The summed E-state index contributed by atoms with van der Waals surface area (Å²) in [7, 11) is 0. The Balaban J connectivity index is 2.24. The fourth-order valence-corrected chi connectivity index (χ4v) is 3.17. The maximum absolute atomic E-state index is 12.9. The van der Waals surface area contributed by atoms with Gasteiger partial charge in [-0.25, -0.2) is 0 Å². The number of aromatic nitrogens is 1. The predicted octanol–water partition coefficient (Wildman–Crippen LogP) is 5.46. The molecule has 23 heavy (non-hydrogen) atoms. The second kappa shape index (κ2) is 5.57. The van der Waals surface area contributed by atoms with Crippen LogP contribution in [0.5, 0.6) is 0 Å². The summed E-state index contributed by atoms with van der Waals surface area (Å²) in [6, 6.07) is 3.00. The second-order valence-electron chi connectivity index (χ2n) is 4.53. The van der Waals surface area contributed by atoms with Gasteiger partial charge in [0, 0.05) is 21.7 Å². The van der Waals surface area contributed by atoms with E-state index in [9.17, 15) is 13.2 Å². The first-order valence-electron chi connectivity index (χ1n) is 5.90. The highest BCUT2D eigenvalue weighted by Gasteiger charge is 2.44. The largest absolute Gasteiger partial charge is 0.416 e. The fourth-order valence-electron chi connectivity index (χ4n) is 2.12. The lowest BCUT2D eigenvalue weighted by Crippen LogP contribution is -2.26. The van der Waals surface area contributed by atoms with E-state index in [1.807, 2.05) is 0 Å². The second-order valence-corrected chi connectivity index (χ2v) is 6.15. The molecule has 1 unspecified atom stereocenters. The van der Waals surface area contributed by atoms with E-state index >= 15 is 0 Å². The Hall–Kier alpha value is -1.45. The van der Waals surface area contributed by atoms with Gasteiger partial charge in [0.25, 0.3) is 0 Å². The Morgan fingerprint density at radius 3 is 2.22 bits per heavy atom. The van der Waals surface area contributed by atoms with Crippen LogP contribution < -0.4 is 0 Å². The van der Waals surface area contributed by atoms with E-state index in [1.165, 1.54) is 12.3 Å². The van der Waals surface area contributed by atoms with Gasteiger partial charge in [-0.1, -0.05) is 28.4 Å². The van der Waals surface area contributed by atoms with Crippen molar-refractivity contribution in [2.24, 2.45) is 15.4 Å². The number of rotatable bonds is 2. The van der Waals surface area contributed by atoms with Crippen LogP contribution in [0.1, 0.15) is 16.9 Å². The number of hydrogen-bond acceptors (Lipinski definition) is 5. The molecule has 2 aromatic rings. The molecule has 0 aliphatic carbocycles. The van der Waals surface area contributed by atoms with Gasteiger partial charge in [0.1, 0.15) is 4.60 Å². The zero-order chi connectivity index (χ0) is 16.8. The van der Waals surface area contributed by atoms with Crippen LogP contribution in [0.2, 0.25) is 10.0 Å². The first-order chi connectivity index (χ1) is 10.7. The van der Waals surface area contributed by atoms with Crippen molar-refractivity contribution >= 4 is 45.3 Å². The summed E-state index contributed by atoms with van der Waals surface area (Å²) in [5.74, 6) is 0.151. The molecule has 0 spiro atoms. The number of halogens is 6. The summed E-state index contributed by atoms with van der Waals surface area (Å²) >= 11 is 15.2. The fraction of sp³-hybridized carbons (Fsp3) is 0.167. The third-order valence-electron chi connectivity index (χ3n) is 3.11. The first-order valence-corrected chi connectivity index (χ1v) is 7.45. The Labute approximate surface area is 145 Å². The molecular weight excluding hydrogens is 424 g/mol. The molecule has 1 atom stereocenters. The zero-order valence-corrected chi connectivity index (χ0v) is 13.9. The average molecular weight is 428 g/mol. The Morgan fingerprint density at radius 1 is 1.13 bits per heavy atom. The molecule has 1 aliphatic rings. The smallest absolute Gasteiger partial charge is 0.357 e. The van der Waals surface area contributed by atoms with Crippen molar-refractivity contribution in [2.45, 2.75) is 11.7 Å². The quantitative estimate of drug-likeness (QED) is 0.638. The van der Waals surface area contributed by atoms with Gasteiger partial charge in [-0.3, -0.25) is 0 Å². The average Bonchev–Trinajstić information content (AvgIpc) is 3.06. The lowest BCUT2D eigenvalue weighted by atomic mass is 9.88. The summed E-state index contributed by atoms with van der Waals surface area (Å²) in [4.78, 5) is 0. The van der Waals surface area contributed by atoms with Crippen LogP contribution in [0.4, 0.5) is 13.2 Å². The van der Waals surface area contributed by atoms with Crippen LogP contribution in [0.25, 0.3) is 0 Å². The van der Waals surface area contributed by atoms with E-state index in [2.05, 4.69) is 36.5 Å². The SMILES string of the molecule is FC(F)(F)c1cc(Cl)c(C2(c3cc(Br)no3)C=NN=N2)c(Cl)c1. The van der Waals surface area contributed by atoms with Gasteiger partial charge in [0.2, 0.25) is 5.54 Å². The number of benzene rings is 1. The molecule has 0 bridgehead atoms. The van der Waals surface area contributed by atoms with Gasteiger partial charge >= 0.3 is 6.18 Å². The van der Waals surface area contributed by atoms with Crippen molar-refractivity contribution in [1.29, 1.82) is 0 Å². The molecule has 0 amide bonds. The van der Waals surface area contributed by atoms with E-state index < -0.39 is 17.3 Å². The Morgan fingerprint density at radius 2 is 1.78 bits per heavy atom. The highest BCUT2D eigenvalue weighted by atomic mass is 79.9. The molecule has 1 aromatic carbocycles. The normalized spacial score (nSPS) is 20.4. The minimum atomic E-state index is -4.58. The van der Waals surface area contributed by atoms with Crippen molar-refractivity contribution in [3.63, 3.8) is 0 Å². The predicted molar refractivity (Wildman–Crippen MR) is 79.8 cm³/mol. The van der Waals surface area contributed by atoms with Gasteiger partial charge in [0.15, 0.2) is 5.76 Å². The van der Waals surface area contributed by atoms with Crippen LogP contribution in [-0.4, -0.2) is 11.4 Å². The number of hydrogen-bond donors (Lipinski definition) is 0. The Bertz CT molecular complexity index is 799. The molecule has 5 nitrogen and oxygen atoms in total. The van der Waals surface area contributed by atoms with E-state index in [0.717, 1.165) is 12.1 Å². The monoisotopic (exact) mass is 426 g/mol. The molecule has 2 heterocycles. The van der Waals surface area contributed by atoms with Crippen LogP contribution in [0.15, 0.2) is 42.8 Å². The van der Waals surface area contributed by atoms with Crippen LogP contribution in [0.3, 0.4) is 0 Å². The molecule has 0 N–H and O–H groups in total. The number of nitrogens with zero attached hydrogens (tertiary/aromatic N) is 4. The topological polar surface area (TPSA) is 63.1 Å². The van der Waals surface area contributed by atoms with E-state index in [-0.39, 0.29) is 21.4 Å². The standard InChI is InChI=1S/C12H4BrCl2F3N4O/c13-9-3-8(23-20-9)11(4-19-22-21-11)10-6(14)1-5(2-7(10)15)12(16,17)18/h1-4H. The van der Waals surface area contributed by atoms with Gasteiger partial charge in [-0.2, -0.15) is 13.2 Å². The summed E-state index contributed by atoms with van der Waals surface area (Å²) < 4.78 is 44.1. The van der Waals surface area contributed by atoms with Crippen LogP contribution in [-0.2, 0) is 11.7 Å². The van der Waals surface area contributed by atoms with Crippen molar-refractivity contribution < 1.29 is 17.7 Å². The van der Waals surface area contributed by atoms with E-state index in [4.69, 9.17) is 27.7 Å².